The molecule has 1 amide bonds. The van der Waals surface area contributed by atoms with Crippen molar-refractivity contribution in [3.05, 3.63) is 0 Å². The lowest BCUT2D eigenvalue weighted by molar-refractivity contribution is -0.234. The van der Waals surface area contributed by atoms with Gasteiger partial charge in [-0.25, -0.2) is 5.32 Å². The Morgan fingerprint density at radius 2 is 2.06 bits per heavy atom. The molecule has 96 valence electrons. The maximum absolute atomic E-state index is 11.9. The molecule has 1 saturated heterocycles. The summed E-state index contributed by atoms with van der Waals surface area (Å²) in [5.74, 6) is -4.50. The minimum atomic E-state index is -2.13. The quantitative estimate of drug-likeness (QED) is 0.529. The van der Waals surface area contributed by atoms with E-state index in [-0.39, 0.29) is 6.42 Å². The van der Waals surface area contributed by atoms with Crippen molar-refractivity contribution in [2.24, 2.45) is 5.73 Å². The van der Waals surface area contributed by atoms with Gasteiger partial charge in [0.2, 0.25) is 0 Å². The van der Waals surface area contributed by atoms with Gasteiger partial charge in [0.25, 0.3) is 0 Å². The van der Waals surface area contributed by atoms with Crippen LogP contribution in [0.3, 0.4) is 0 Å². The average Bonchev–Trinajstić information content (AvgIpc) is 2.36. The Morgan fingerprint density at radius 1 is 1.47 bits per heavy atom. The zero-order valence-electron chi connectivity index (χ0n) is 9.85. The summed E-state index contributed by atoms with van der Waals surface area (Å²) in [7, 11) is 4.21. The van der Waals surface area contributed by atoms with E-state index in [1.54, 1.807) is 0 Å². The molecule has 3 N–H and O–H groups in total. The van der Waals surface area contributed by atoms with Crippen LogP contribution in [0.1, 0.15) is 6.42 Å². The van der Waals surface area contributed by atoms with Gasteiger partial charge in [0.15, 0.2) is 0 Å². The van der Waals surface area contributed by atoms with Crippen LogP contribution in [0.25, 0.3) is 0 Å². The van der Waals surface area contributed by atoms with Gasteiger partial charge in [0.05, 0.1) is 6.42 Å². The molecule has 0 aromatic heterocycles. The van der Waals surface area contributed by atoms with Crippen molar-refractivity contribution >= 4 is 17.8 Å². The van der Waals surface area contributed by atoms with Crippen LogP contribution < -0.4 is 11.1 Å². The summed E-state index contributed by atoms with van der Waals surface area (Å²) in [6.45, 7) is 0. The lowest BCUT2D eigenvalue weighted by Crippen LogP contribution is -2.60. The highest BCUT2D eigenvalue weighted by atomic mass is 16.8. The standard InChI is InChI=1S/C9H15N3O5/c1-11-9(8(15)12(2)3)16-6(13)4-5(10)7(14)17-9/h5,11H,4,10H2,1-3H3. The van der Waals surface area contributed by atoms with E-state index in [0.29, 0.717) is 0 Å². The van der Waals surface area contributed by atoms with Crippen molar-refractivity contribution in [3.8, 4) is 0 Å². The Hall–Kier alpha value is -1.67. The van der Waals surface area contributed by atoms with Crippen LogP contribution in [0.5, 0.6) is 0 Å². The average molecular weight is 245 g/mol. The summed E-state index contributed by atoms with van der Waals surface area (Å²) in [4.78, 5) is 35.9. The number of carbonyl (C=O) groups excluding carboxylic acids is 3. The van der Waals surface area contributed by atoms with Crippen molar-refractivity contribution in [2.75, 3.05) is 21.1 Å². The van der Waals surface area contributed by atoms with E-state index in [0.717, 1.165) is 4.90 Å². The molecule has 8 nitrogen and oxygen atoms in total. The number of hydrogen-bond acceptors (Lipinski definition) is 7. The Balaban J connectivity index is 3.09. The van der Waals surface area contributed by atoms with E-state index < -0.39 is 29.8 Å². The number of ether oxygens (including phenoxy) is 2. The molecule has 0 saturated carbocycles. The summed E-state index contributed by atoms with van der Waals surface area (Å²) in [6, 6.07) is -1.13. The van der Waals surface area contributed by atoms with Gasteiger partial charge < -0.3 is 20.1 Å². The topological polar surface area (TPSA) is 111 Å². The normalized spacial score (nSPS) is 29.1. The summed E-state index contributed by atoms with van der Waals surface area (Å²) < 4.78 is 9.69. The molecular formula is C9H15N3O5. The Labute approximate surface area is 98.0 Å². The summed E-state index contributed by atoms with van der Waals surface area (Å²) in [5, 5.41) is 2.39. The van der Waals surface area contributed by atoms with Crippen LogP contribution in [0, 0.1) is 0 Å². The van der Waals surface area contributed by atoms with Crippen molar-refractivity contribution in [1.82, 2.24) is 10.2 Å². The first-order chi connectivity index (χ1) is 7.82. The van der Waals surface area contributed by atoms with E-state index >= 15 is 0 Å². The maximum Gasteiger partial charge on any atom is 0.401 e. The summed E-state index contributed by atoms with van der Waals surface area (Å²) in [5.41, 5.74) is 5.39. The fourth-order valence-corrected chi connectivity index (χ4v) is 1.29. The second-order valence-electron chi connectivity index (χ2n) is 3.77. The third kappa shape index (κ3) is 2.53. The highest BCUT2D eigenvalue weighted by molar-refractivity contribution is 5.92. The van der Waals surface area contributed by atoms with Crippen LogP contribution in [-0.4, -0.2) is 55.8 Å². The SMILES string of the molecule is CNC1(C(=O)N(C)C)OC(=O)CC(N)C(=O)O1. The van der Waals surface area contributed by atoms with E-state index in [1.165, 1.54) is 21.1 Å². The van der Waals surface area contributed by atoms with Gasteiger partial charge in [-0.15, -0.1) is 0 Å². The molecule has 17 heavy (non-hydrogen) atoms. The molecule has 0 radical (unpaired) electrons. The molecule has 0 aromatic carbocycles. The largest absolute Gasteiger partial charge is 0.401 e. The second-order valence-corrected chi connectivity index (χ2v) is 3.77. The first-order valence-electron chi connectivity index (χ1n) is 4.93. The predicted octanol–water partition coefficient (Wildman–Crippen LogP) is -2.23. The monoisotopic (exact) mass is 245 g/mol. The van der Waals surface area contributed by atoms with Gasteiger partial charge in [0.1, 0.15) is 6.04 Å². The fourth-order valence-electron chi connectivity index (χ4n) is 1.29. The minimum Gasteiger partial charge on any atom is -0.400 e. The third-order valence-corrected chi connectivity index (χ3v) is 2.21. The van der Waals surface area contributed by atoms with Crippen LogP contribution in [0.4, 0.5) is 0 Å². The highest BCUT2D eigenvalue weighted by Gasteiger charge is 2.50. The van der Waals surface area contributed by atoms with E-state index in [9.17, 15) is 14.4 Å². The third-order valence-electron chi connectivity index (χ3n) is 2.21. The Morgan fingerprint density at radius 3 is 2.53 bits per heavy atom. The Bertz CT molecular complexity index is 357. The van der Waals surface area contributed by atoms with Gasteiger partial charge >= 0.3 is 23.8 Å². The van der Waals surface area contributed by atoms with E-state index in [4.69, 9.17) is 15.2 Å². The molecule has 1 heterocycles. The number of cyclic esters (lactones) is 2. The number of amides is 1. The number of likely N-dealkylation sites (N-methyl/N-ethyl adjacent to an activating group) is 2. The second kappa shape index (κ2) is 4.68. The number of nitrogens with zero attached hydrogens (tertiary/aromatic N) is 1. The minimum absolute atomic E-state index is 0.330. The predicted molar refractivity (Wildman–Crippen MR) is 55.3 cm³/mol. The molecule has 2 atom stereocenters. The van der Waals surface area contributed by atoms with Crippen LogP contribution in [-0.2, 0) is 23.9 Å². The van der Waals surface area contributed by atoms with Crippen molar-refractivity contribution in [2.45, 2.75) is 18.4 Å². The molecule has 2 unspecified atom stereocenters. The van der Waals surface area contributed by atoms with Crippen LogP contribution in [0.2, 0.25) is 0 Å². The molecule has 0 aliphatic carbocycles. The molecule has 0 bridgehead atoms. The number of nitrogens with two attached hydrogens (primary N) is 1. The molecule has 1 aliphatic rings. The van der Waals surface area contributed by atoms with Crippen molar-refractivity contribution in [3.63, 3.8) is 0 Å². The van der Waals surface area contributed by atoms with Gasteiger partial charge in [-0.05, 0) is 7.05 Å². The lowest BCUT2D eigenvalue weighted by atomic mass is 10.2. The molecule has 1 rings (SSSR count). The Kier molecular flexibility index (Phi) is 3.69. The first-order valence-corrected chi connectivity index (χ1v) is 4.93. The number of carbonyl (C=O) groups is 3. The molecule has 0 aromatic rings. The van der Waals surface area contributed by atoms with Gasteiger partial charge in [-0.2, -0.15) is 0 Å². The van der Waals surface area contributed by atoms with Gasteiger partial charge in [0, 0.05) is 14.1 Å². The van der Waals surface area contributed by atoms with Crippen LogP contribution >= 0.6 is 0 Å². The maximum atomic E-state index is 11.9. The zero-order valence-corrected chi connectivity index (χ0v) is 9.85. The van der Waals surface area contributed by atoms with E-state index in [1.807, 2.05) is 0 Å². The summed E-state index contributed by atoms with van der Waals surface area (Å²) >= 11 is 0. The number of rotatable bonds is 2. The number of nitrogens with one attached hydrogen (secondary N) is 1. The van der Waals surface area contributed by atoms with Crippen molar-refractivity contribution in [1.29, 1.82) is 0 Å². The molecule has 8 heteroatoms. The number of hydrogen-bond donors (Lipinski definition) is 2. The van der Waals surface area contributed by atoms with E-state index in [2.05, 4.69) is 5.32 Å². The lowest BCUT2D eigenvalue weighted by Gasteiger charge is -2.30. The summed E-state index contributed by atoms with van der Waals surface area (Å²) in [6.07, 6.45) is -0.330. The van der Waals surface area contributed by atoms with Gasteiger partial charge in [-0.1, -0.05) is 0 Å². The van der Waals surface area contributed by atoms with Gasteiger partial charge in [-0.3, -0.25) is 14.4 Å². The number of esters is 2. The molecule has 0 spiro atoms. The van der Waals surface area contributed by atoms with Crippen LogP contribution in [0.15, 0.2) is 0 Å². The smallest absolute Gasteiger partial charge is 0.400 e. The molecular weight excluding hydrogens is 230 g/mol. The first kappa shape index (κ1) is 13.4. The van der Waals surface area contributed by atoms with Crippen molar-refractivity contribution < 1.29 is 23.9 Å². The molecule has 1 aliphatic heterocycles. The fraction of sp³-hybridized carbons (Fsp3) is 0.667. The molecule has 1 fully saturated rings. The zero-order chi connectivity index (χ0) is 13.2. The highest BCUT2D eigenvalue weighted by Crippen LogP contribution is 2.18.